The SMILES string of the molecule is CCN1CCCC1CNC(=NCc1nnc(C)n1C)NC1CCCN(c2ccccc2)C1. The first-order valence-electron chi connectivity index (χ1n) is 12.1. The normalized spacial score (nSPS) is 22.3. The molecule has 32 heavy (non-hydrogen) atoms. The first-order chi connectivity index (χ1) is 15.6. The van der Waals surface area contributed by atoms with Gasteiger partial charge in [-0.3, -0.25) is 4.90 Å². The molecule has 2 fully saturated rings. The number of likely N-dealkylation sites (N-methyl/N-ethyl adjacent to an activating group) is 1. The summed E-state index contributed by atoms with van der Waals surface area (Å²) in [4.78, 5) is 9.94. The number of aliphatic imine (C=N–C) groups is 1. The molecule has 1 aromatic carbocycles. The topological polar surface area (TPSA) is 73.6 Å². The molecule has 4 rings (SSSR count). The van der Waals surface area contributed by atoms with Crippen molar-refractivity contribution >= 4 is 11.6 Å². The number of hydrogen-bond donors (Lipinski definition) is 2. The van der Waals surface area contributed by atoms with Gasteiger partial charge in [-0.25, -0.2) is 4.99 Å². The van der Waals surface area contributed by atoms with Gasteiger partial charge in [-0.05, 0) is 57.8 Å². The van der Waals surface area contributed by atoms with Crippen LogP contribution in [-0.4, -0.2) is 70.4 Å². The maximum Gasteiger partial charge on any atom is 0.192 e. The van der Waals surface area contributed by atoms with Crippen LogP contribution in [0.2, 0.25) is 0 Å². The summed E-state index contributed by atoms with van der Waals surface area (Å²) >= 11 is 0. The summed E-state index contributed by atoms with van der Waals surface area (Å²) in [6.07, 6.45) is 4.86. The molecule has 8 heteroatoms. The molecule has 2 aromatic rings. The molecular weight excluding hydrogens is 400 g/mol. The summed E-state index contributed by atoms with van der Waals surface area (Å²) in [5, 5.41) is 15.8. The number of hydrogen-bond acceptors (Lipinski definition) is 5. The fraction of sp³-hybridized carbons (Fsp3) is 0.625. The Bertz CT molecular complexity index is 877. The van der Waals surface area contributed by atoms with Crippen molar-refractivity contribution in [2.45, 2.75) is 58.2 Å². The van der Waals surface area contributed by atoms with Crippen molar-refractivity contribution in [1.82, 2.24) is 30.3 Å². The molecule has 2 N–H and O–H groups in total. The Kier molecular flexibility index (Phi) is 7.63. The van der Waals surface area contributed by atoms with Crippen molar-refractivity contribution < 1.29 is 0 Å². The molecule has 0 saturated carbocycles. The average molecular weight is 439 g/mol. The van der Waals surface area contributed by atoms with Gasteiger partial charge >= 0.3 is 0 Å². The number of aryl methyl sites for hydroxylation is 1. The van der Waals surface area contributed by atoms with Gasteiger partial charge in [-0.1, -0.05) is 25.1 Å². The Morgan fingerprint density at radius 2 is 1.94 bits per heavy atom. The smallest absolute Gasteiger partial charge is 0.192 e. The van der Waals surface area contributed by atoms with Gasteiger partial charge < -0.3 is 20.1 Å². The molecule has 2 saturated heterocycles. The number of rotatable bonds is 7. The van der Waals surface area contributed by atoms with Crippen LogP contribution in [-0.2, 0) is 13.6 Å². The standard InChI is InChI=1S/C24H38N8/c1-4-31-14-9-13-22(31)16-25-24(26-17-23-29-28-19(2)30(23)3)27-20-10-8-15-32(18-20)21-11-6-5-7-12-21/h5-7,11-12,20,22H,4,8-10,13-18H2,1-3H3,(H2,25,26,27). The van der Waals surface area contributed by atoms with E-state index in [-0.39, 0.29) is 0 Å². The van der Waals surface area contributed by atoms with E-state index in [0.29, 0.717) is 18.6 Å². The van der Waals surface area contributed by atoms with Gasteiger partial charge in [0.05, 0.1) is 0 Å². The van der Waals surface area contributed by atoms with E-state index in [1.165, 1.54) is 31.5 Å². The summed E-state index contributed by atoms with van der Waals surface area (Å²) in [5.74, 6) is 2.68. The van der Waals surface area contributed by atoms with E-state index < -0.39 is 0 Å². The largest absolute Gasteiger partial charge is 0.369 e. The van der Waals surface area contributed by atoms with E-state index in [9.17, 15) is 0 Å². The van der Waals surface area contributed by atoms with Crippen LogP contribution < -0.4 is 15.5 Å². The molecular formula is C24H38N8. The number of nitrogens with zero attached hydrogens (tertiary/aromatic N) is 6. The van der Waals surface area contributed by atoms with E-state index in [1.807, 2.05) is 18.5 Å². The number of likely N-dealkylation sites (tertiary alicyclic amines) is 1. The fourth-order valence-electron chi connectivity index (χ4n) is 4.81. The number of nitrogens with one attached hydrogen (secondary N) is 2. The highest BCUT2D eigenvalue weighted by Gasteiger charge is 2.24. The second-order valence-corrected chi connectivity index (χ2v) is 8.96. The van der Waals surface area contributed by atoms with Crippen LogP contribution in [0.25, 0.3) is 0 Å². The van der Waals surface area contributed by atoms with E-state index in [4.69, 9.17) is 4.99 Å². The number of anilines is 1. The molecule has 0 bridgehead atoms. The molecule has 2 atom stereocenters. The average Bonchev–Trinajstić information content (AvgIpc) is 3.42. The lowest BCUT2D eigenvalue weighted by atomic mass is 10.0. The van der Waals surface area contributed by atoms with E-state index >= 15 is 0 Å². The van der Waals surface area contributed by atoms with E-state index in [1.54, 1.807) is 0 Å². The zero-order chi connectivity index (χ0) is 22.3. The molecule has 2 unspecified atom stereocenters. The van der Waals surface area contributed by atoms with Gasteiger partial charge in [0.2, 0.25) is 0 Å². The van der Waals surface area contributed by atoms with Gasteiger partial charge in [0.1, 0.15) is 12.4 Å². The molecule has 0 radical (unpaired) electrons. The van der Waals surface area contributed by atoms with E-state index in [2.05, 4.69) is 67.9 Å². The third kappa shape index (κ3) is 5.59. The summed E-state index contributed by atoms with van der Waals surface area (Å²) in [6.45, 7) is 10.1. The van der Waals surface area contributed by atoms with Gasteiger partial charge in [0.15, 0.2) is 11.8 Å². The summed E-state index contributed by atoms with van der Waals surface area (Å²) in [5.41, 5.74) is 1.30. The van der Waals surface area contributed by atoms with Gasteiger partial charge in [-0.15, -0.1) is 10.2 Å². The first-order valence-corrected chi connectivity index (χ1v) is 12.1. The summed E-state index contributed by atoms with van der Waals surface area (Å²) in [6, 6.07) is 11.7. The van der Waals surface area contributed by atoms with Crippen molar-refractivity contribution in [2.75, 3.05) is 37.6 Å². The predicted molar refractivity (Wildman–Crippen MR) is 130 cm³/mol. The van der Waals surface area contributed by atoms with Crippen LogP contribution in [0.4, 0.5) is 5.69 Å². The molecule has 0 amide bonds. The predicted octanol–water partition coefficient (Wildman–Crippen LogP) is 2.31. The maximum absolute atomic E-state index is 4.91. The molecule has 2 aliphatic heterocycles. The van der Waals surface area contributed by atoms with Crippen LogP contribution in [0.3, 0.4) is 0 Å². The van der Waals surface area contributed by atoms with Crippen molar-refractivity contribution in [3.8, 4) is 0 Å². The first kappa shape index (κ1) is 22.6. The molecule has 3 heterocycles. The highest BCUT2D eigenvalue weighted by Crippen LogP contribution is 2.19. The number of para-hydroxylation sites is 1. The number of benzene rings is 1. The van der Waals surface area contributed by atoms with E-state index in [0.717, 1.165) is 50.2 Å². The highest BCUT2D eigenvalue weighted by molar-refractivity contribution is 5.80. The number of piperidine rings is 1. The highest BCUT2D eigenvalue weighted by atomic mass is 15.3. The fourth-order valence-corrected chi connectivity index (χ4v) is 4.81. The minimum absolute atomic E-state index is 0.363. The molecule has 1 aromatic heterocycles. The minimum Gasteiger partial charge on any atom is -0.369 e. The molecule has 174 valence electrons. The van der Waals surface area contributed by atoms with Crippen LogP contribution in [0.5, 0.6) is 0 Å². The number of guanidine groups is 1. The minimum atomic E-state index is 0.363. The Morgan fingerprint density at radius 1 is 1.12 bits per heavy atom. The quantitative estimate of drug-likeness (QED) is 0.511. The Balaban J connectivity index is 1.42. The molecule has 2 aliphatic rings. The second-order valence-electron chi connectivity index (χ2n) is 8.96. The Hall–Kier alpha value is -2.61. The third-order valence-electron chi connectivity index (χ3n) is 6.86. The van der Waals surface area contributed by atoms with Crippen LogP contribution in [0.15, 0.2) is 35.3 Å². The molecule has 0 spiro atoms. The molecule has 8 nitrogen and oxygen atoms in total. The lowest BCUT2D eigenvalue weighted by molar-refractivity contribution is 0.266. The van der Waals surface area contributed by atoms with Crippen LogP contribution >= 0.6 is 0 Å². The Labute approximate surface area is 192 Å². The van der Waals surface area contributed by atoms with Crippen molar-refractivity contribution in [2.24, 2.45) is 12.0 Å². The van der Waals surface area contributed by atoms with Crippen molar-refractivity contribution in [3.63, 3.8) is 0 Å². The lowest BCUT2D eigenvalue weighted by Gasteiger charge is -2.35. The zero-order valence-corrected chi connectivity index (χ0v) is 19.8. The Morgan fingerprint density at radius 3 is 2.69 bits per heavy atom. The third-order valence-corrected chi connectivity index (χ3v) is 6.86. The zero-order valence-electron chi connectivity index (χ0n) is 19.8. The second kappa shape index (κ2) is 10.8. The van der Waals surface area contributed by atoms with Crippen molar-refractivity contribution in [1.29, 1.82) is 0 Å². The van der Waals surface area contributed by atoms with Crippen LogP contribution in [0, 0.1) is 6.92 Å². The summed E-state index contributed by atoms with van der Waals surface area (Å²) in [7, 11) is 2.00. The monoisotopic (exact) mass is 438 g/mol. The number of aromatic nitrogens is 3. The van der Waals surface area contributed by atoms with Gasteiger partial charge in [-0.2, -0.15) is 0 Å². The lowest BCUT2D eigenvalue weighted by Crippen LogP contribution is -2.53. The molecule has 0 aliphatic carbocycles. The van der Waals surface area contributed by atoms with Crippen LogP contribution in [0.1, 0.15) is 44.3 Å². The van der Waals surface area contributed by atoms with Crippen molar-refractivity contribution in [3.05, 3.63) is 42.0 Å². The van der Waals surface area contributed by atoms with Gasteiger partial charge in [0, 0.05) is 44.5 Å². The summed E-state index contributed by atoms with van der Waals surface area (Å²) < 4.78 is 2.01. The van der Waals surface area contributed by atoms with Gasteiger partial charge in [0.25, 0.3) is 0 Å². The maximum atomic E-state index is 4.91.